The molecule has 3 aromatic carbocycles. The fourth-order valence-corrected chi connectivity index (χ4v) is 5.54. The number of carbonyl (C=O) groups is 2. The van der Waals surface area contributed by atoms with Gasteiger partial charge in [-0.15, -0.1) is 0 Å². The van der Waals surface area contributed by atoms with E-state index >= 15 is 0 Å². The molecule has 0 unspecified atom stereocenters. The largest absolute Gasteiger partial charge is 0.345 e. The molecule has 44 heavy (non-hydrogen) atoms. The smallest absolute Gasteiger partial charge is 0.252 e. The first-order valence-electron chi connectivity index (χ1n) is 15.3. The lowest BCUT2D eigenvalue weighted by Crippen LogP contribution is -2.27. The summed E-state index contributed by atoms with van der Waals surface area (Å²) in [7, 11) is 0. The van der Waals surface area contributed by atoms with Crippen LogP contribution in [0.5, 0.6) is 0 Å². The van der Waals surface area contributed by atoms with Gasteiger partial charge in [0, 0.05) is 17.9 Å². The molecule has 3 rings (SSSR count). The first-order valence-corrected chi connectivity index (χ1v) is 15.3. The lowest BCUT2D eigenvalue weighted by molar-refractivity contribution is -0.120. The summed E-state index contributed by atoms with van der Waals surface area (Å²) in [6, 6.07) is 16.7. The van der Waals surface area contributed by atoms with Gasteiger partial charge in [0.25, 0.3) is 5.91 Å². The van der Waals surface area contributed by atoms with E-state index in [4.69, 9.17) is 0 Å². The van der Waals surface area contributed by atoms with Gasteiger partial charge in [0.15, 0.2) is 0 Å². The van der Waals surface area contributed by atoms with Gasteiger partial charge in [-0.05, 0) is 94.8 Å². The van der Waals surface area contributed by atoms with Crippen LogP contribution in [0.4, 0.5) is 8.78 Å². The fourth-order valence-electron chi connectivity index (χ4n) is 5.54. The van der Waals surface area contributed by atoms with Gasteiger partial charge in [-0.2, -0.15) is 0 Å². The third kappa shape index (κ3) is 10.0. The molecule has 0 aromatic heterocycles. The normalized spacial score (nSPS) is 11.6. The number of halogens is 2. The van der Waals surface area contributed by atoms with E-state index < -0.39 is 0 Å². The van der Waals surface area contributed by atoms with Crippen LogP contribution in [0.3, 0.4) is 0 Å². The van der Waals surface area contributed by atoms with Crippen molar-refractivity contribution in [2.24, 2.45) is 0 Å². The fraction of sp³-hybridized carbons (Fsp3) is 0.421. The van der Waals surface area contributed by atoms with Crippen LogP contribution in [0.25, 0.3) is 0 Å². The Labute approximate surface area is 262 Å². The number of nitrogens with one attached hydrogen (secondary N) is 2. The lowest BCUT2D eigenvalue weighted by Gasteiger charge is -2.29. The van der Waals surface area contributed by atoms with Crippen molar-refractivity contribution >= 4 is 11.8 Å². The van der Waals surface area contributed by atoms with Crippen molar-refractivity contribution in [3.8, 4) is 11.8 Å². The molecular weight excluding hydrogens is 554 g/mol. The predicted octanol–water partition coefficient (Wildman–Crippen LogP) is 8.11. The van der Waals surface area contributed by atoms with Gasteiger partial charge in [0.1, 0.15) is 11.6 Å². The van der Waals surface area contributed by atoms with Gasteiger partial charge in [-0.25, -0.2) is 8.78 Å². The van der Waals surface area contributed by atoms with Gasteiger partial charge in [-0.1, -0.05) is 84.1 Å². The molecule has 234 valence electrons. The lowest BCUT2D eigenvalue weighted by atomic mass is 9.75. The molecule has 0 aliphatic heterocycles. The van der Waals surface area contributed by atoms with Crippen LogP contribution in [0.2, 0.25) is 0 Å². The first-order chi connectivity index (χ1) is 20.7. The average Bonchev–Trinajstić information content (AvgIpc) is 2.95. The summed E-state index contributed by atoms with van der Waals surface area (Å²) < 4.78 is 26.9. The molecule has 0 aliphatic rings. The van der Waals surface area contributed by atoms with Crippen molar-refractivity contribution in [1.82, 2.24) is 10.6 Å². The van der Waals surface area contributed by atoms with Crippen molar-refractivity contribution in [3.63, 3.8) is 0 Å². The zero-order valence-corrected chi connectivity index (χ0v) is 27.2. The molecule has 3 aromatic rings. The van der Waals surface area contributed by atoms with Crippen LogP contribution in [0.15, 0.2) is 60.7 Å². The van der Waals surface area contributed by atoms with Crippen molar-refractivity contribution < 1.29 is 18.4 Å². The molecule has 6 heteroatoms. The summed E-state index contributed by atoms with van der Waals surface area (Å²) in [5.41, 5.74) is 5.89. The van der Waals surface area contributed by atoms with Crippen molar-refractivity contribution in [3.05, 3.63) is 106 Å². The van der Waals surface area contributed by atoms with Gasteiger partial charge in [0.05, 0.1) is 13.1 Å². The highest BCUT2D eigenvalue weighted by Gasteiger charge is 2.25. The van der Waals surface area contributed by atoms with Crippen molar-refractivity contribution in [2.45, 2.75) is 90.9 Å². The number of carbonyl (C=O) groups excluding carboxylic acids is 2. The summed E-state index contributed by atoms with van der Waals surface area (Å²) in [6.07, 6.45) is 2.56. The van der Waals surface area contributed by atoms with Gasteiger partial charge in [0.2, 0.25) is 5.91 Å². The van der Waals surface area contributed by atoms with Crippen LogP contribution < -0.4 is 10.6 Å². The zero-order valence-electron chi connectivity index (χ0n) is 27.2. The molecule has 0 radical (unpaired) electrons. The monoisotopic (exact) mass is 600 g/mol. The Balaban J connectivity index is 1.46. The van der Waals surface area contributed by atoms with E-state index in [0.29, 0.717) is 18.4 Å². The highest BCUT2D eigenvalue weighted by Crippen LogP contribution is 2.35. The van der Waals surface area contributed by atoms with E-state index in [0.717, 1.165) is 35.1 Å². The quantitative estimate of drug-likeness (QED) is 0.182. The van der Waals surface area contributed by atoms with E-state index in [1.54, 1.807) is 24.3 Å². The number of unbranched alkanes of at least 4 members (excludes halogenated alkanes) is 1. The first kappa shape index (κ1) is 34.5. The number of hydrogen-bond acceptors (Lipinski definition) is 2. The Kier molecular flexibility index (Phi) is 11.9. The molecule has 0 aliphatic carbocycles. The molecule has 0 atom stereocenters. The van der Waals surface area contributed by atoms with Crippen molar-refractivity contribution in [2.75, 3.05) is 13.1 Å². The SMILES string of the molecule is Cc1c(C(C)(C)C)cc(C(=O)NCC#CCNC(=O)CCCCC(c2ccc(F)cc2)c2ccc(F)cc2)cc1C(C)(C)C. The van der Waals surface area contributed by atoms with Crippen LogP contribution in [-0.2, 0) is 15.6 Å². The minimum absolute atomic E-state index is 0.0136. The maximum Gasteiger partial charge on any atom is 0.252 e. The molecule has 4 nitrogen and oxygen atoms in total. The van der Waals surface area contributed by atoms with E-state index in [2.05, 4.69) is 70.9 Å². The van der Waals surface area contributed by atoms with Crippen LogP contribution in [0.1, 0.15) is 111 Å². The van der Waals surface area contributed by atoms with E-state index in [9.17, 15) is 18.4 Å². The average molecular weight is 601 g/mol. The summed E-state index contributed by atoms with van der Waals surface area (Å²) in [6.45, 7) is 15.4. The van der Waals surface area contributed by atoms with Crippen LogP contribution >= 0.6 is 0 Å². The molecule has 0 fully saturated rings. The zero-order chi connectivity index (χ0) is 32.5. The third-order valence-electron chi connectivity index (χ3n) is 7.81. The van der Waals surface area contributed by atoms with Crippen LogP contribution in [-0.4, -0.2) is 24.9 Å². The molecular formula is C38H46F2N2O2. The summed E-state index contributed by atoms with van der Waals surface area (Å²) in [4.78, 5) is 25.3. The standard InChI is InChI=1S/C38H46F2N2O2/c1-26-33(37(2,3)4)24-29(25-34(26)38(5,6)7)36(44)42-23-11-10-22-41-35(43)13-9-8-12-32(27-14-18-30(39)19-15-27)28-16-20-31(40)21-17-28/h14-21,24-25,32H,8-9,12-13,22-23H2,1-7H3,(H,41,43)(H,42,44). The van der Waals surface area contributed by atoms with E-state index in [-0.39, 0.29) is 53.3 Å². The third-order valence-corrected chi connectivity index (χ3v) is 7.81. The predicted molar refractivity (Wildman–Crippen MR) is 175 cm³/mol. The topological polar surface area (TPSA) is 58.2 Å². The van der Waals surface area contributed by atoms with Crippen molar-refractivity contribution in [1.29, 1.82) is 0 Å². The summed E-state index contributed by atoms with van der Waals surface area (Å²) in [5, 5.41) is 5.69. The number of benzene rings is 3. The maximum absolute atomic E-state index is 13.5. The Morgan fingerprint density at radius 1 is 0.727 bits per heavy atom. The summed E-state index contributed by atoms with van der Waals surface area (Å²) >= 11 is 0. The molecule has 0 heterocycles. The molecule has 0 bridgehead atoms. The number of amides is 2. The Bertz CT molecular complexity index is 1400. The Morgan fingerprint density at radius 2 is 1.18 bits per heavy atom. The summed E-state index contributed by atoms with van der Waals surface area (Å²) in [5.74, 6) is 4.95. The van der Waals surface area contributed by atoms with Gasteiger partial charge >= 0.3 is 0 Å². The minimum Gasteiger partial charge on any atom is -0.345 e. The Hall–Kier alpha value is -3.98. The molecule has 0 spiro atoms. The highest BCUT2D eigenvalue weighted by molar-refractivity contribution is 5.95. The highest BCUT2D eigenvalue weighted by atomic mass is 19.1. The molecule has 0 saturated heterocycles. The number of rotatable bonds is 10. The second-order valence-electron chi connectivity index (χ2n) is 13.4. The second-order valence-corrected chi connectivity index (χ2v) is 13.4. The van der Waals surface area contributed by atoms with E-state index in [1.807, 2.05) is 12.1 Å². The molecule has 2 amide bonds. The Morgan fingerprint density at radius 3 is 1.64 bits per heavy atom. The van der Waals surface area contributed by atoms with Crippen LogP contribution in [0, 0.1) is 30.4 Å². The molecule has 0 saturated carbocycles. The van der Waals surface area contributed by atoms with E-state index in [1.165, 1.54) is 29.8 Å². The molecule has 2 N–H and O–H groups in total. The second kappa shape index (κ2) is 15.1. The maximum atomic E-state index is 13.5. The number of hydrogen-bond donors (Lipinski definition) is 2. The van der Waals surface area contributed by atoms with Gasteiger partial charge in [-0.3, -0.25) is 9.59 Å². The van der Waals surface area contributed by atoms with Gasteiger partial charge < -0.3 is 10.6 Å². The minimum atomic E-state index is -0.301.